The number of aromatic nitrogens is 1. The molecule has 0 spiro atoms. The van der Waals surface area contributed by atoms with Crippen molar-refractivity contribution >= 4 is 27.8 Å². The van der Waals surface area contributed by atoms with Gasteiger partial charge in [-0.15, -0.1) is 0 Å². The van der Waals surface area contributed by atoms with Gasteiger partial charge in [0.15, 0.2) is 11.5 Å². The van der Waals surface area contributed by atoms with Crippen molar-refractivity contribution in [2.75, 3.05) is 13.1 Å². The molecule has 1 N–H and O–H groups in total. The molecule has 2 aromatic heterocycles. The molecule has 3 unspecified atom stereocenters. The summed E-state index contributed by atoms with van der Waals surface area (Å²) in [5.41, 5.74) is 0.0463. The van der Waals surface area contributed by atoms with E-state index in [9.17, 15) is 22.8 Å². The van der Waals surface area contributed by atoms with Crippen LogP contribution in [0.5, 0.6) is 5.75 Å². The topological polar surface area (TPSA) is 139 Å². The Labute approximate surface area is 209 Å². The predicted molar refractivity (Wildman–Crippen MR) is 128 cm³/mol. The first-order valence-electron chi connectivity index (χ1n) is 11.7. The molecule has 4 rings (SSSR count). The number of hydrogen-bond acceptors (Lipinski definition) is 8. The lowest BCUT2D eigenvalue weighted by atomic mass is 9.87. The zero-order valence-corrected chi connectivity index (χ0v) is 21.2. The number of furan rings is 1. The Morgan fingerprint density at radius 3 is 2.69 bits per heavy atom. The Balaban J connectivity index is 1.50. The smallest absolute Gasteiger partial charge is 0.413 e. The molecule has 12 heteroatoms. The molecule has 3 atom stereocenters. The third kappa shape index (κ3) is 5.76. The van der Waals surface area contributed by atoms with Gasteiger partial charge in [-0.3, -0.25) is 14.6 Å². The number of likely N-dealkylation sites (tertiary alicyclic amines) is 1. The van der Waals surface area contributed by atoms with E-state index in [1.54, 1.807) is 18.2 Å². The van der Waals surface area contributed by atoms with Crippen molar-refractivity contribution in [2.45, 2.75) is 57.5 Å². The number of fused-ring (bicyclic) bond motifs is 1. The van der Waals surface area contributed by atoms with Crippen LogP contribution in [0, 0.1) is 5.41 Å². The fourth-order valence-electron chi connectivity index (χ4n) is 4.74. The molecular formula is C24H30N4O7S. The van der Waals surface area contributed by atoms with Gasteiger partial charge in [-0.25, -0.2) is 13.2 Å². The lowest BCUT2D eigenvalue weighted by molar-refractivity contribution is -0.138. The van der Waals surface area contributed by atoms with Gasteiger partial charge < -0.3 is 19.4 Å². The number of sulfonamides is 1. The Kier molecular flexibility index (Phi) is 7.19. The molecule has 0 bridgehead atoms. The molecule has 4 heterocycles. The van der Waals surface area contributed by atoms with Gasteiger partial charge in [0.05, 0.1) is 24.5 Å². The molecule has 36 heavy (non-hydrogen) atoms. The van der Waals surface area contributed by atoms with Crippen LogP contribution in [0.4, 0.5) is 4.79 Å². The van der Waals surface area contributed by atoms with Gasteiger partial charge in [-0.2, -0.15) is 4.31 Å². The number of amides is 2. The minimum atomic E-state index is -3.83. The highest BCUT2D eigenvalue weighted by Crippen LogP contribution is 2.34. The zero-order valence-electron chi connectivity index (χ0n) is 20.4. The summed E-state index contributed by atoms with van der Waals surface area (Å²) in [6, 6.07) is 3.96. The molecule has 2 amide bonds. The first-order valence-corrected chi connectivity index (χ1v) is 13.3. The van der Waals surface area contributed by atoms with Crippen LogP contribution in [0.2, 0.25) is 0 Å². The lowest BCUT2D eigenvalue weighted by Crippen LogP contribution is -2.54. The molecular weight excluding hydrogens is 488 g/mol. The summed E-state index contributed by atoms with van der Waals surface area (Å²) in [7, 11) is -3.83. The fourth-order valence-corrected chi connectivity index (χ4v) is 6.40. The van der Waals surface area contributed by atoms with Crippen molar-refractivity contribution in [3.63, 3.8) is 0 Å². The maximum Gasteiger partial charge on any atom is 0.413 e. The average Bonchev–Trinajstić information content (AvgIpc) is 3.51. The molecule has 2 fully saturated rings. The minimum absolute atomic E-state index is 0.190. The molecule has 2 saturated heterocycles. The number of ether oxygens (including phenoxy) is 1. The van der Waals surface area contributed by atoms with Crippen molar-refractivity contribution in [2.24, 2.45) is 5.41 Å². The number of hydrogen-bond donors (Lipinski definition) is 1. The number of carbonyl (C=O) groups excluding carboxylic acids is 3. The van der Waals surface area contributed by atoms with Crippen molar-refractivity contribution in [3.8, 4) is 5.75 Å². The summed E-state index contributed by atoms with van der Waals surface area (Å²) in [5, 5.41) is 2.61. The number of Topliss-reactive ketones (excluding diaryl/α,β-unsaturated/α-hetero) is 1. The van der Waals surface area contributed by atoms with Crippen LogP contribution < -0.4 is 10.1 Å². The Hall–Kier alpha value is -3.25. The van der Waals surface area contributed by atoms with E-state index in [1.165, 1.54) is 34.0 Å². The SMILES string of the molecule is CC(C)(C)CC(NC(=O)Oc1ccoc1)C(=O)N1CCC2C1C(=O)CN2S(=O)(=O)Cc1ccccn1. The molecule has 0 radical (unpaired) electrons. The highest BCUT2D eigenvalue weighted by atomic mass is 32.2. The molecule has 0 aromatic carbocycles. The van der Waals surface area contributed by atoms with Crippen LogP contribution >= 0.6 is 0 Å². The van der Waals surface area contributed by atoms with Crippen molar-refractivity contribution in [1.29, 1.82) is 0 Å². The highest BCUT2D eigenvalue weighted by Gasteiger charge is 2.54. The number of pyridine rings is 1. The highest BCUT2D eigenvalue weighted by molar-refractivity contribution is 7.88. The van der Waals surface area contributed by atoms with Crippen LogP contribution in [0.25, 0.3) is 0 Å². The van der Waals surface area contributed by atoms with Gasteiger partial charge in [0.1, 0.15) is 24.1 Å². The third-order valence-corrected chi connectivity index (χ3v) is 7.96. The van der Waals surface area contributed by atoms with Crippen LogP contribution in [-0.2, 0) is 25.4 Å². The first-order chi connectivity index (χ1) is 16.9. The van der Waals surface area contributed by atoms with Crippen molar-refractivity contribution in [1.82, 2.24) is 19.5 Å². The summed E-state index contributed by atoms with van der Waals surface area (Å²) >= 11 is 0. The number of nitrogens with one attached hydrogen (secondary N) is 1. The van der Waals surface area contributed by atoms with Crippen LogP contribution in [-0.4, -0.2) is 71.6 Å². The normalized spacial score (nSPS) is 21.3. The Morgan fingerprint density at radius 1 is 1.28 bits per heavy atom. The molecule has 2 aliphatic heterocycles. The van der Waals surface area contributed by atoms with E-state index in [4.69, 9.17) is 9.15 Å². The molecule has 11 nitrogen and oxygen atoms in total. The molecule has 2 aromatic rings. The molecule has 2 aliphatic rings. The van der Waals surface area contributed by atoms with Gasteiger partial charge in [0.25, 0.3) is 0 Å². The Bertz CT molecular complexity index is 1210. The van der Waals surface area contributed by atoms with E-state index in [0.717, 1.165) is 0 Å². The van der Waals surface area contributed by atoms with E-state index in [-0.39, 0.29) is 42.2 Å². The van der Waals surface area contributed by atoms with E-state index < -0.39 is 40.1 Å². The van der Waals surface area contributed by atoms with E-state index >= 15 is 0 Å². The minimum Gasteiger partial charge on any atom is -0.469 e. The standard InChI is InChI=1S/C24H30N4O7S/c1-24(2,3)12-18(26-23(31)35-17-8-11-34-14-17)22(30)27-10-7-19-21(27)20(29)13-28(19)36(32,33)15-16-6-4-5-9-25-16/h4-6,8-9,11,14,18-19,21H,7,10,12-13,15H2,1-3H3,(H,26,31). The van der Waals surface area contributed by atoms with E-state index in [0.29, 0.717) is 12.1 Å². The van der Waals surface area contributed by atoms with Crippen molar-refractivity contribution in [3.05, 3.63) is 48.7 Å². The van der Waals surface area contributed by atoms with E-state index in [2.05, 4.69) is 10.3 Å². The van der Waals surface area contributed by atoms with Gasteiger partial charge in [-0.05, 0) is 30.4 Å². The average molecular weight is 519 g/mol. The van der Waals surface area contributed by atoms with Gasteiger partial charge >= 0.3 is 6.09 Å². The number of ketones is 1. The van der Waals surface area contributed by atoms with Gasteiger partial charge in [0.2, 0.25) is 15.9 Å². The monoisotopic (exact) mass is 518 g/mol. The van der Waals surface area contributed by atoms with E-state index in [1.807, 2.05) is 20.8 Å². The van der Waals surface area contributed by atoms with Crippen molar-refractivity contribution < 1.29 is 32.0 Å². The third-order valence-electron chi connectivity index (χ3n) is 6.19. The van der Waals surface area contributed by atoms with Crippen LogP contribution in [0.1, 0.15) is 39.3 Å². The largest absolute Gasteiger partial charge is 0.469 e. The quantitative estimate of drug-likeness (QED) is 0.587. The summed E-state index contributed by atoms with van der Waals surface area (Å²) in [5.74, 6) is -0.924. The summed E-state index contributed by atoms with van der Waals surface area (Å²) < 4.78 is 37.5. The second-order valence-corrected chi connectivity index (χ2v) is 12.2. The Morgan fingerprint density at radius 2 is 2.06 bits per heavy atom. The molecule has 194 valence electrons. The summed E-state index contributed by atoms with van der Waals surface area (Å²) in [4.78, 5) is 44.5. The fraction of sp³-hybridized carbons (Fsp3) is 0.500. The maximum absolute atomic E-state index is 13.6. The predicted octanol–water partition coefficient (Wildman–Crippen LogP) is 1.95. The van der Waals surface area contributed by atoms with Gasteiger partial charge in [-0.1, -0.05) is 26.8 Å². The van der Waals surface area contributed by atoms with Crippen LogP contribution in [0.3, 0.4) is 0 Å². The summed E-state index contributed by atoms with van der Waals surface area (Å²) in [6.07, 6.45) is 3.90. The number of carbonyl (C=O) groups is 3. The molecule has 0 aliphatic carbocycles. The van der Waals surface area contributed by atoms with Gasteiger partial charge in [0, 0.05) is 18.8 Å². The van der Waals surface area contributed by atoms with Crippen LogP contribution in [0.15, 0.2) is 47.4 Å². The second-order valence-electron chi connectivity index (χ2n) is 10.2. The second kappa shape index (κ2) is 10.0. The zero-order chi connectivity index (χ0) is 26.1. The first kappa shape index (κ1) is 25.8. The lowest BCUT2D eigenvalue weighted by Gasteiger charge is -2.31. The number of rotatable bonds is 7. The maximum atomic E-state index is 13.6. The molecule has 0 saturated carbocycles. The number of nitrogens with zero attached hydrogens (tertiary/aromatic N) is 3. The summed E-state index contributed by atoms with van der Waals surface area (Å²) in [6.45, 7) is 5.68.